The van der Waals surface area contributed by atoms with Crippen LogP contribution in [-0.4, -0.2) is 93.5 Å². The minimum Gasteiger partial charge on any atom is -0.724 e. The first-order chi connectivity index (χ1) is 23.5. The van der Waals surface area contributed by atoms with Gasteiger partial charge in [-0.3, -0.25) is 9.59 Å². The van der Waals surface area contributed by atoms with Gasteiger partial charge in [-0.05, 0) is 44.0 Å². The molecule has 2 atom stereocenters. The molecule has 0 radical (unpaired) electrons. The van der Waals surface area contributed by atoms with Crippen LogP contribution in [0.15, 0.2) is 53.1 Å². The molecule has 1 amide bonds. The Morgan fingerprint density at radius 2 is 1.90 bits per heavy atom. The fraction of sp³-hybridized carbons (Fsp3) is 0.419. The molecule has 50 heavy (non-hydrogen) atoms. The molecule has 0 aliphatic carbocycles. The van der Waals surface area contributed by atoms with Crippen LogP contribution in [0.5, 0.6) is 5.75 Å². The first-order valence-electron chi connectivity index (χ1n) is 15.3. The van der Waals surface area contributed by atoms with E-state index in [1.165, 1.54) is 19.2 Å². The Bertz CT molecular complexity index is 1910. The number of thiazole rings is 1. The molecule has 268 valence electrons. The van der Waals surface area contributed by atoms with Gasteiger partial charge in [-0.25, -0.2) is 22.8 Å². The summed E-state index contributed by atoms with van der Waals surface area (Å²) < 4.78 is 45.0. The molecule has 5 rings (SSSR count). The van der Waals surface area contributed by atoms with Gasteiger partial charge in [0.25, 0.3) is 12.0 Å². The van der Waals surface area contributed by atoms with Gasteiger partial charge in [0.2, 0.25) is 10.4 Å². The molecular weight excluding hydrogens is 697 g/mol. The zero-order valence-corrected chi connectivity index (χ0v) is 28.9. The van der Waals surface area contributed by atoms with E-state index in [2.05, 4.69) is 19.7 Å². The molecule has 0 saturated carbocycles. The highest BCUT2D eigenvalue weighted by Crippen LogP contribution is 2.40. The van der Waals surface area contributed by atoms with Crippen molar-refractivity contribution in [2.45, 2.75) is 50.4 Å². The van der Waals surface area contributed by atoms with Crippen LogP contribution in [0.4, 0.5) is 5.13 Å². The number of nitrogens with one attached hydrogen (secondary N) is 1. The number of amides is 1. The number of Topliss-reactive ketones (excluding diaryl/α,β-unsaturated/α-hetero) is 1. The quantitative estimate of drug-likeness (QED) is 0.0387. The maximum absolute atomic E-state index is 13.3. The number of hydrogen-bond acceptors (Lipinski definition) is 15. The number of hydrogen-bond donors (Lipinski definition) is 4. The highest BCUT2D eigenvalue weighted by molar-refractivity contribution is 7.80. The van der Waals surface area contributed by atoms with Crippen molar-refractivity contribution in [3.63, 3.8) is 0 Å². The van der Waals surface area contributed by atoms with Crippen molar-refractivity contribution in [3.8, 4) is 16.9 Å². The van der Waals surface area contributed by atoms with Crippen LogP contribution in [-0.2, 0) is 47.4 Å². The Morgan fingerprint density at radius 1 is 1.22 bits per heavy atom. The SMILES string of the molecule is C[n+]1cc(-c2ccc(OC[C@H](O/N=C(\C(=O)C[C@@H]3C(=O)N(OS(=O)(=O)[O-])C3(C)C)c3csc(N)n3)C(=O)O)cc2)ccc1CCC1(O)CNC1. The van der Waals surface area contributed by atoms with Crippen LogP contribution in [0.3, 0.4) is 0 Å². The van der Waals surface area contributed by atoms with E-state index in [0.717, 1.165) is 34.6 Å². The Morgan fingerprint density at radius 3 is 2.44 bits per heavy atom. The number of aryl methyl sites for hydroxylation is 2. The average molecular weight is 733 g/mol. The minimum atomic E-state index is -5.24. The number of aromatic nitrogens is 2. The number of carboxylic acid groups (broad SMARTS) is 1. The van der Waals surface area contributed by atoms with Crippen molar-refractivity contribution < 1.29 is 56.0 Å². The molecule has 5 N–H and O–H groups in total. The summed E-state index contributed by atoms with van der Waals surface area (Å²) in [6, 6.07) is 11.0. The number of pyridine rings is 1. The standard InChI is InChI=1S/C31H36N6O11S2/c1-30(2)22(27(39)37(30)48-50(43,44)45)12-24(38)26(23-15-49-29(32)34-23)35-47-25(28(40)41)14-46-21-8-5-18(6-9-21)19-4-7-20(36(3)13-19)10-11-31(42)16-33-17-31/h4-9,13,15,22,25,33,42H,10-12,14,16-17H2,1-3H3,(H3-,32,34,40,41,43,44,45)/b35-26-/t22-,25+/m1/s1. The summed E-state index contributed by atoms with van der Waals surface area (Å²) in [4.78, 5) is 47.2. The molecule has 2 saturated heterocycles. The zero-order valence-electron chi connectivity index (χ0n) is 27.3. The highest BCUT2D eigenvalue weighted by atomic mass is 32.3. The number of hydroxylamine groups is 2. The average Bonchev–Trinajstić information content (AvgIpc) is 3.47. The number of nitrogens with two attached hydrogens (primary N) is 1. The third-order valence-electron chi connectivity index (χ3n) is 8.59. The van der Waals surface area contributed by atoms with Gasteiger partial charge in [-0.1, -0.05) is 17.3 Å². The van der Waals surface area contributed by atoms with Gasteiger partial charge < -0.3 is 35.4 Å². The third kappa shape index (κ3) is 8.42. The summed E-state index contributed by atoms with van der Waals surface area (Å²) in [5, 5.41) is 28.9. The number of ketones is 1. The monoisotopic (exact) mass is 732 g/mol. The van der Waals surface area contributed by atoms with E-state index in [-0.39, 0.29) is 10.8 Å². The minimum absolute atomic E-state index is 0.0348. The molecule has 2 aromatic heterocycles. The molecule has 1 aromatic carbocycles. The number of ether oxygens (including phenoxy) is 1. The summed E-state index contributed by atoms with van der Waals surface area (Å²) >= 11 is 0.979. The fourth-order valence-electron chi connectivity index (χ4n) is 5.48. The van der Waals surface area contributed by atoms with Crippen molar-refractivity contribution in [2.24, 2.45) is 18.1 Å². The predicted molar refractivity (Wildman–Crippen MR) is 175 cm³/mol. The van der Waals surface area contributed by atoms with Gasteiger partial charge in [0, 0.05) is 42.9 Å². The van der Waals surface area contributed by atoms with Crippen LogP contribution >= 0.6 is 11.3 Å². The summed E-state index contributed by atoms with van der Waals surface area (Å²) in [5.74, 6) is -3.92. The molecule has 0 unspecified atom stereocenters. The number of benzene rings is 1. The van der Waals surface area contributed by atoms with E-state index >= 15 is 0 Å². The Labute approximate surface area is 291 Å². The van der Waals surface area contributed by atoms with Gasteiger partial charge in [0.1, 0.15) is 25.1 Å². The van der Waals surface area contributed by atoms with Gasteiger partial charge in [0.15, 0.2) is 28.5 Å². The number of oxime groups is 1. The molecule has 2 fully saturated rings. The van der Waals surface area contributed by atoms with E-state index < -0.39 is 70.0 Å². The lowest BCUT2D eigenvalue weighted by molar-refractivity contribution is -0.678. The van der Waals surface area contributed by atoms with E-state index in [1.54, 1.807) is 12.1 Å². The molecule has 17 nitrogen and oxygen atoms in total. The van der Waals surface area contributed by atoms with Crippen LogP contribution in [0.2, 0.25) is 0 Å². The van der Waals surface area contributed by atoms with Crippen LogP contribution in [0, 0.1) is 5.92 Å². The van der Waals surface area contributed by atoms with E-state index in [4.69, 9.17) is 15.3 Å². The molecule has 0 spiro atoms. The number of aliphatic carboxylic acids is 1. The van der Waals surface area contributed by atoms with E-state index in [9.17, 15) is 37.6 Å². The van der Waals surface area contributed by atoms with Crippen LogP contribution in [0.1, 0.15) is 38.1 Å². The van der Waals surface area contributed by atoms with Gasteiger partial charge in [0.05, 0.1) is 17.1 Å². The molecule has 4 heterocycles. The second-order valence-electron chi connectivity index (χ2n) is 12.6. The Hall–Kier alpha value is -4.53. The van der Waals surface area contributed by atoms with Crippen LogP contribution < -0.4 is 20.4 Å². The lowest BCUT2D eigenvalue weighted by Crippen LogP contribution is -2.68. The van der Waals surface area contributed by atoms with Crippen molar-refractivity contribution in [2.75, 3.05) is 25.4 Å². The lowest BCUT2D eigenvalue weighted by Gasteiger charge is -2.51. The zero-order chi connectivity index (χ0) is 36.4. The van der Waals surface area contributed by atoms with Gasteiger partial charge in [-0.2, -0.15) is 9.35 Å². The lowest BCUT2D eigenvalue weighted by atomic mass is 9.74. The molecular formula is C31H36N6O11S2. The number of anilines is 1. The Kier molecular flexibility index (Phi) is 10.6. The van der Waals surface area contributed by atoms with Gasteiger partial charge in [-0.15, -0.1) is 11.3 Å². The van der Waals surface area contributed by atoms with E-state index in [1.807, 2.05) is 42.1 Å². The number of carbonyl (C=O) groups is 3. The van der Waals surface area contributed by atoms with E-state index in [0.29, 0.717) is 30.3 Å². The largest absolute Gasteiger partial charge is 0.724 e. The molecule has 2 aliphatic rings. The summed E-state index contributed by atoms with van der Waals surface area (Å²) in [6.45, 7) is 3.50. The van der Waals surface area contributed by atoms with Crippen molar-refractivity contribution >= 4 is 50.2 Å². The second-order valence-corrected chi connectivity index (χ2v) is 14.4. The van der Waals surface area contributed by atoms with Crippen molar-refractivity contribution in [1.29, 1.82) is 0 Å². The number of nitrogen functional groups attached to an aromatic ring is 1. The van der Waals surface area contributed by atoms with Crippen molar-refractivity contribution in [1.82, 2.24) is 15.4 Å². The first-order valence-corrected chi connectivity index (χ1v) is 17.5. The normalized spacial score (nSPS) is 18.9. The smallest absolute Gasteiger partial charge is 0.351 e. The van der Waals surface area contributed by atoms with Gasteiger partial charge >= 0.3 is 5.97 Å². The number of aliphatic hydroxyl groups is 1. The number of carboxylic acids is 1. The molecule has 19 heteroatoms. The maximum atomic E-state index is 13.3. The first kappa shape index (κ1) is 36.7. The second kappa shape index (κ2) is 14.4. The number of carbonyl (C=O) groups excluding carboxylic acids is 2. The number of β-amino-alcohol motifs (C(OH)–C–C–N with tert-alkyl or cyclic N) is 1. The predicted octanol–water partition coefficient (Wildman–Crippen LogP) is 0.325. The summed E-state index contributed by atoms with van der Waals surface area (Å²) in [7, 11) is -3.30. The number of rotatable bonds is 16. The molecule has 3 aromatic rings. The number of β-lactam (4-membered cyclic amide) rings is 1. The maximum Gasteiger partial charge on any atom is 0.351 e. The summed E-state index contributed by atoms with van der Waals surface area (Å²) in [6.07, 6.45) is 1.19. The highest BCUT2D eigenvalue weighted by Gasteiger charge is 2.57. The third-order valence-corrected chi connectivity index (χ3v) is 9.60. The Balaban J connectivity index is 1.22. The van der Waals surface area contributed by atoms with Crippen molar-refractivity contribution in [3.05, 3.63) is 59.4 Å². The van der Waals surface area contributed by atoms with Crippen LogP contribution in [0.25, 0.3) is 11.1 Å². The summed E-state index contributed by atoms with van der Waals surface area (Å²) in [5.41, 5.74) is 6.15. The molecule has 0 bridgehead atoms. The molecule has 2 aliphatic heterocycles. The topological polar surface area (TPSA) is 247 Å². The fourth-order valence-corrected chi connectivity index (χ4v) is 6.48. The number of nitrogens with zero attached hydrogens (tertiary/aromatic N) is 4.